The van der Waals surface area contributed by atoms with Crippen molar-refractivity contribution in [3.63, 3.8) is 0 Å². The summed E-state index contributed by atoms with van der Waals surface area (Å²) in [6, 6.07) is 85.8. The molecule has 13 aromatic rings. The lowest BCUT2D eigenvalue weighted by Gasteiger charge is -2.35. The zero-order valence-corrected chi connectivity index (χ0v) is 62.7. The van der Waals surface area contributed by atoms with Crippen molar-refractivity contribution in [2.45, 2.75) is 181 Å². The summed E-state index contributed by atoms with van der Waals surface area (Å²) < 4.78 is 0. The van der Waals surface area contributed by atoms with E-state index in [9.17, 15) is 0 Å². The Balaban J connectivity index is 0.947. The number of rotatable bonds is 29. The van der Waals surface area contributed by atoms with Crippen LogP contribution in [0.4, 0.5) is 0 Å². The molecular weight excluding hydrogens is 1290 g/mol. The quantitative estimate of drug-likeness (QED) is 0.0437. The predicted molar refractivity (Wildman–Crippen MR) is 434 cm³/mol. The Morgan fingerprint density at radius 3 is 1.04 bits per heavy atom. The van der Waals surface area contributed by atoms with Crippen LogP contribution < -0.4 is 0 Å². The maximum atomic E-state index is 5.78. The SMILES string of the molecule is CCCCCCc1ccc(C2(c3ccc(CCCCCC)cc3)c3cc4c(cc3-c3sc(C)cc32)C(c2ccc(CCCCCC)cc2)(c2ccc(CCCCCC)cc2)c2cc(-c3ccc(-c5ccc(-c6ccc(C)s6)c6nc(-c7ccccc7)c(-c7ccccc7)nc56)s3)sc2-4)cc1. The van der Waals surface area contributed by atoms with Crippen LogP contribution in [0.2, 0.25) is 0 Å². The highest BCUT2D eigenvalue weighted by Gasteiger charge is 2.53. The topological polar surface area (TPSA) is 25.8 Å². The first-order valence-electron chi connectivity index (χ1n) is 37.7. The van der Waals surface area contributed by atoms with Gasteiger partial charge >= 0.3 is 0 Å². The fraction of sp³-hybridized carbons (Fsp3) is 0.298. The van der Waals surface area contributed by atoms with Crippen molar-refractivity contribution in [1.29, 1.82) is 0 Å². The summed E-state index contributed by atoms with van der Waals surface area (Å²) in [7, 11) is 0. The van der Waals surface area contributed by atoms with E-state index in [2.05, 4.69) is 260 Å². The van der Waals surface area contributed by atoms with Crippen molar-refractivity contribution >= 4 is 56.4 Å². The van der Waals surface area contributed by atoms with E-state index in [1.54, 1.807) is 0 Å². The molecular formula is C94H94N2S4. The van der Waals surface area contributed by atoms with Crippen LogP contribution in [0.15, 0.2) is 218 Å². The fourth-order valence-corrected chi connectivity index (χ4v) is 20.8. The molecule has 2 aliphatic rings. The summed E-state index contributed by atoms with van der Waals surface area (Å²) >= 11 is 7.70. The van der Waals surface area contributed by atoms with Crippen LogP contribution in [0.3, 0.4) is 0 Å². The van der Waals surface area contributed by atoms with E-state index in [-0.39, 0.29) is 0 Å². The van der Waals surface area contributed by atoms with E-state index in [4.69, 9.17) is 9.97 Å². The summed E-state index contributed by atoms with van der Waals surface area (Å²) in [6.07, 6.45) is 24.5. The van der Waals surface area contributed by atoms with Gasteiger partial charge in [0, 0.05) is 61.3 Å². The molecule has 0 aliphatic heterocycles. The van der Waals surface area contributed by atoms with Gasteiger partial charge in [0.05, 0.1) is 33.3 Å². The molecule has 504 valence electrons. The number of thiophene rings is 4. The largest absolute Gasteiger partial charge is 0.243 e. The summed E-state index contributed by atoms with van der Waals surface area (Å²) in [6.45, 7) is 13.8. The molecule has 5 aromatic heterocycles. The third-order valence-corrected chi connectivity index (χ3v) is 26.3. The van der Waals surface area contributed by atoms with Gasteiger partial charge in [0.2, 0.25) is 0 Å². The molecule has 0 radical (unpaired) electrons. The van der Waals surface area contributed by atoms with Gasteiger partial charge in [-0.3, -0.25) is 0 Å². The van der Waals surface area contributed by atoms with Crippen molar-refractivity contribution in [3.8, 4) is 74.0 Å². The molecule has 0 amide bonds. The van der Waals surface area contributed by atoms with E-state index in [0.29, 0.717) is 0 Å². The molecule has 0 fully saturated rings. The lowest BCUT2D eigenvalue weighted by Crippen LogP contribution is -2.30. The minimum Gasteiger partial charge on any atom is -0.243 e. The molecule has 0 bridgehead atoms. The first kappa shape index (κ1) is 67.7. The molecule has 15 rings (SSSR count). The van der Waals surface area contributed by atoms with Crippen molar-refractivity contribution in [1.82, 2.24) is 9.97 Å². The molecule has 5 heterocycles. The fourth-order valence-electron chi connectivity index (χ4n) is 16.5. The smallest absolute Gasteiger partial charge is 0.0988 e. The molecule has 0 unspecified atom stereocenters. The van der Waals surface area contributed by atoms with Gasteiger partial charge in [-0.15, -0.1) is 45.3 Å². The third-order valence-electron chi connectivity index (χ3n) is 21.7. The van der Waals surface area contributed by atoms with Crippen LogP contribution in [-0.4, -0.2) is 9.97 Å². The van der Waals surface area contributed by atoms with Gasteiger partial charge in [0.25, 0.3) is 0 Å². The number of benzene rings is 8. The minimum atomic E-state index is -0.612. The summed E-state index contributed by atoms with van der Waals surface area (Å²) in [5, 5.41) is 0. The normalized spacial score (nSPS) is 13.3. The van der Waals surface area contributed by atoms with Crippen LogP contribution in [0.1, 0.15) is 207 Å². The Bertz CT molecular complexity index is 4830. The van der Waals surface area contributed by atoms with Gasteiger partial charge in [-0.05, 0) is 192 Å². The summed E-state index contributed by atoms with van der Waals surface area (Å²) in [5.74, 6) is 0. The van der Waals surface area contributed by atoms with Gasteiger partial charge in [0.15, 0.2) is 0 Å². The predicted octanol–water partition coefficient (Wildman–Crippen LogP) is 28.0. The average molecular weight is 1380 g/mol. The Kier molecular flexibility index (Phi) is 20.5. The van der Waals surface area contributed by atoms with Crippen LogP contribution in [0, 0.1) is 13.8 Å². The zero-order valence-electron chi connectivity index (χ0n) is 59.5. The van der Waals surface area contributed by atoms with E-state index in [1.165, 1.54) is 220 Å². The molecule has 8 aromatic carbocycles. The standard InChI is InChI=1S/C94H94N2S4/c1-7-11-15-21-29-65-38-46-71(47-39-65)93(72-48-40-66(41-49-72)30-22-16-12-8-2)79-61-78-80(60-77(79)91-81(93)59-64(6)98-91)94(73-50-42-67(43-51-73)31-23-17-13-9-3,74-52-44-68(45-53-74)32-24-18-14-10-4)82-62-86(100-92(78)82)85-58-57-84(99-85)76-55-54-75(83-56-37-63(5)97-83)89-90(76)96-88(70-35-27-20-28-36-70)87(95-89)69-33-25-19-26-34-69/h19-20,25-28,33-62H,7-18,21-24,29-32H2,1-6H3. The maximum Gasteiger partial charge on any atom is 0.0988 e. The molecule has 0 atom stereocenters. The zero-order chi connectivity index (χ0) is 68.2. The number of nitrogens with zero attached hydrogens (tertiary/aromatic N) is 2. The van der Waals surface area contributed by atoms with E-state index in [1.807, 2.05) is 45.3 Å². The number of hydrogen-bond donors (Lipinski definition) is 0. The van der Waals surface area contributed by atoms with E-state index in [0.717, 1.165) is 70.4 Å². The first-order chi connectivity index (χ1) is 49.2. The van der Waals surface area contributed by atoms with Gasteiger partial charge in [-0.2, -0.15) is 0 Å². The summed E-state index contributed by atoms with van der Waals surface area (Å²) in [4.78, 5) is 21.8. The number of unbranched alkanes of at least 4 members (excludes halogenated alkanes) is 12. The molecule has 6 heteroatoms. The Morgan fingerprint density at radius 2 is 0.650 bits per heavy atom. The second-order valence-electron chi connectivity index (χ2n) is 28.5. The molecule has 0 N–H and O–H groups in total. The highest BCUT2D eigenvalue weighted by atomic mass is 32.1. The Hall–Kier alpha value is -8.10. The van der Waals surface area contributed by atoms with Crippen molar-refractivity contribution in [2.75, 3.05) is 0 Å². The Labute approximate surface area is 611 Å². The van der Waals surface area contributed by atoms with E-state index >= 15 is 0 Å². The highest BCUT2D eigenvalue weighted by Crippen LogP contribution is 2.66. The lowest BCUT2D eigenvalue weighted by atomic mass is 9.65. The number of aryl methyl sites for hydroxylation is 6. The maximum absolute atomic E-state index is 5.78. The number of aromatic nitrogens is 2. The number of hydrogen-bond acceptors (Lipinski definition) is 6. The van der Waals surface area contributed by atoms with Crippen LogP contribution in [0.5, 0.6) is 0 Å². The van der Waals surface area contributed by atoms with Gasteiger partial charge in [-0.25, -0.2) is 9.97 Å². The third kappa shape index (κ3) is 12.9. The van der Waals surface area contributed by atoms with E-state index < -0.39 is 10.8 Å². The molecule has 0 spiro atoms. The van der Waals surface area contributed by atoms with Crippen molar-refractivity contribution in [2.24, 2.45) is 0 Å². The molecule has 0 saturated carbocycles. The Morgan fingerprint density at radius 1 is 0.280 bits per heavy atom. The van der Waals surface area contributed by atoms with Gasteiger partial charge in [-0.1, -0.05) is 275 Å². The van der Waals surface area contributed by atoms with Crippen molar-refractivity contribution < 1.29 is 0 Å². The van der Waals surface area contributed by atoms with Crippen molar-refractivity contribution in [3.05, 3.63) is 295 Å². The molecule has 100 heavy (non-hydrogen) atoms. The monoisotopic (exact) mass is 1380 g/mol. The first-order valence-corrected chi connectivity index (χ1v) is 40.9. The molecule has 2 aliphatic carbocycles. The van der Waals surface area contributed by atoms with Crippen LogP contribution >= 0.6 is 45.3 Å². The second-order valence-corrected chi connectivity index (χ2v) is 33.2. The highest BCUT2D eigenvalue weighted by molar-refractivity contribution is 7.25. The number of fused-ring (bicyclic) bond motifs is 7. The van der Waals surface area contributed by atoms with Gasteiger partial charge < -0.3 is 0 Å². The van der Waals surface area contributed by atoms with Gasteiger partial charge in [0.1, 0.15) is 0 Å². The molecule has 0 saturated heterocycles. The van der Waals surface area contributed by atoms with Crippen LogP contribution in [-0.2, 0) is 36.5 Å². The minimum absolute atomic E-state index is 0.537. The second kappa shape index (κ2) is 30.2. The van der Waals surface area contributed by atoms with Crippen LogP contribution in [0.25, 0.3) is 85.1 Å². The molecule has 2 nitrogen and oxygen atoms in total. The summed E-state index contributed by atoms with van der Waals surface area (Å²) in [5.41, 5.74) is 26.2. The lowest BCUT2D eigenvalue weighted by molar-refractivity contribution is 0.666. The average Bonchev–Trinajstić information content (AvgIpc) is 1.50.